The van der Waals surface area contributed by atoms with E-state index in [0.717, 1.165) is 65.2 Å². The van der Waals surface area contributed by atoms with E-state index in [1.165, 1.54) is 38.8 Å². The largest absolute Gasteiger partial charge is 0.362 e. The van der Waals surface area contributed by atoms with Gasteiger partial charge in [0.25, 0.3) is 0 Å². The number of anilines is 2. The van der Waals surface area contributed by atoms with E-state index < -0.39 is 0 Å². The second kappa shape index (κ2) is 9.70. The summed E-state index contributed by atoms with van der Waals surface area (Å²) in [6.07, 6.45) is 7.54. The first kappa shape index (κ1) is 24.3. The summed E-state index contributed by atoms with van der Waals surface area (Å²) in [6, 6.07) is 8.53. The van der Waals surface area contributed by atoms with Crippen molar-refractivity contribution in [3.8, 4) is 0 Å². The average Bonchev–Trinajstić information content (AvgIpc) is 3.17. The van der Waals surface area contributed by atoms with Crippen LogP contribution in [0.25, 0.3) is 11.0 Å². The highest BCUT2D eigenvalue weighted by molar-refractivity contribution is 6.35. The summed E-state index contributed by atoms with van der Waals surface area (Å²) in [7, 11) is 2.04. The molecule has 0 unspecified atom stereocenters. The number of nitrogens with one attached hydrogen (secondary N) is 1. The number of hydrogen-bond acceptors (Lipinski definition) is 5. The molecule has 2 aliphatic heterocycles. The van der Waals surface area contributed by atoms with Gasteiger partial charge in [0.15, 0.2) is 5.82 Å². The van der Waals surface area contributed by atoms with Gasteiger partial charge in [-0.2, -0.15) is 4.98 Å². The van der Waals surface area contributed by atoms with Crippen LogP contribution in [0.5, 0.6) is 0 Å². The summed E-state index contributed by atoms with van der Waals surface area (Å²) in [5.74, 6) is 4.12. The maximum absolute atomic E-state index is 6.50. The number of nitrogens with zero attached hydrogens (tertiary/aromatic N) is 5. The van der Waals surface area contributed by atoms with Crippen molar-refractivity contribution in [1.29, 1.82) is 0 Å². The zero-order valence-corrected chi connectivity index (χ0v) is 22.9. The van der Waals surface area contributed by atoms with Gasteiger partial charge < -0.3 is 19.7 Å². The quantitative estimate of drug-likeness (QED) is 0.402. The van der Waals surface area contributed by atoms with Crippen LogP contribution in [0.1, 0.15) is 51.1 Å². The van der Waals surface area contributed by atoms with Gasteiger partial charge in [0.1, 0.15) is 5.52 Å². The second-order valence-corrected chi connectivity index (χ2v) is 12.2. The van der Waals surface area contributed by atoms with Crippen LogP contribution in [0.15, 0.2) is 30.5 Å². The third-order valence-electron chi connectivity index (χ3n) is 8.70. The number of likely N-dealkylation sites (tertiary alicyclic amines) is 1. The van der Waals surface area contributed by atoms with Crippen molar-refractivity contribution in [3.63, 3.8) is 0 Å². The fourth-order valence-electron chi connectivity index (χ4n) is 6.45. The van der Waals surface area contributed by atoms with Gasteiger partial charge in [-0.3, -0.25) is 0 Å². The molecule has 2 atom stereocenters. The van der Waals surface area contributed by atoms with E-state index in [0.29, 0.717) is 10.0 Å². The van der Waals surface area contributed by atoms with Crippen molar-refractivity contribution >= 4 is 46.0 Å². The molecule has 0 amide bonds. The molecule has 0 radical (unpaired) electrons. The molecule has 2 saturated heterocycles. The first-order valence-corrected chi connectivity index (χ1v) is 14.1. The SMILES string of the molecule is CC1CC(N2CCC[C@H](C3CN(c4nc(N[C@H](C)c5ccc(Cl)cc5Cl)c5c(ccn5C)n4)C3)C2)C1. The topological polar surface area (TPSA) is 49.2 Å². The van der Waals surface area contributed by atoms with Gasteiger partial charge in [-0.05, 0) is 80.7 Å². The summed E-state index contributed by atoms with van der Waals surface area (Å²) < 4.78 is 2.08. The molecule has 0 spiro atoms. The van der Waals surface area contributed by atoms with Gasteiger partial charge in [-0.15, -0.1) is 0 Å². The Hall–Kier alpha value is -2.02. The number of aryl methyl sites for hydroxylation is 1. The first-order chi connectivity index (χ1) is 17.4. The van der Waals surface area contributed by atoms with E-state index in [1.807, 2.05) is 25.4 Å². The van der Waals surface area contributed by atoms with E-state index in [1.54, 1.807) is 6.07 Å². The molecule has 0 bridgehead atoms. The molecule has 8 heteroatoms. The molecule has 3 aliphatic rings. The highest BCUT2D eigenvalue weighted by Gasteiger charge is 2.40. The van der Waals surface area contributed by atoms with Gasteiger partial charge in [0, 0.05) is 49.0 Å². The maximum atomic E-state index is 6.50. The predicted molar refractivity (Wildman–Crippen MR) is 149 cm³/mol. The fraction of sp³-hybridized carbons (Fsp3) is 0.571. The van der Waals surface area contributed by atoms with Crippen LogP contribution in [-0.2, 0) is 7.05 Å². The molecule has 36 heavy (non-hydrogen) atoms. The number of rotatable bonds is 6. The number of halogens is 2. The highest BCUT2D eigenvalue weighted by Crippen LogP contribution is 2.38. The smallest absolute Gasteiger partial charge is 0.228 e. The summed E-state index contributed by atoms with van der Waals surface area (Å²) in [5, 5.41) is 4.90. The third kappa shape index (κ3) is 4.57. The fourth-order valence-corrected chi connectivity index (χ4v) is 7.02. The highest BCUT2D eigenvalue weighted by atomic mass is 35.5. The van der Waals surface area contributed by atoms with Crippen molar-refractivity contribution in [2.75, 3.05) is 36.4 Å². The van der Waals surface area contributed by atoms with Crippen molar-refractivity contribution in [2.24, 2.45) is 24.8 Å². The van der Waals surface area contributed by atoms with Gasteiger partial charge in [0.05, 0.1) is 11.6 Å². The van der Waals surface area contributed by atoms with Gasteiger partial charge in [0.2, 0.25) is 5.95 Å². The molecule has 1 aromatic carbocycles. The lowest BCUT2D eigenvalue weighted by Gasteiger charge is -2.50. The predicted octanol–water partition coefficient (Wildman–Crippen LogP) is 6.39. The van der Waals surface area contributed by atoms with E-state index >= 15 is 0 Å². The zero-order valence-electron chi connectivity index (χ0n) is 21.4. The third-order valence-corrected chi connectivity index (χ3v) is 9.27. The molecule has 6 rings (SSSR count). The standard InChI is InChI=1S/C28H36Cl2N6/c1-17-11-22(12-17)35-9-4-5-19(14-35)20-15-36(16-20)28-32-25-8-10-34(3)26(25)27(33-28)31-18(2)23-7-6-21(29)13-24(23)30/h6-8,10,13,17-20,22H,4-5,9,11-12,14-16H2,1-3H3,(H,31,32,33)/t17?,18-,19+,22?/m1/s1. The Kier molecular flexibility index (Phi) is 6.55. The number of hydrogen-bond donors (Lipinski definition) is 1. The van der Waals surface area contributed by atoms with Gasteiger partial charge in [-0.1, -0.05) is 36.2 Å². The number of piperidine rings is 1. The van der Waals surface area contributed by atoms with Crippen molar-refractivity contribution < 1.29 is 0 Å². The van der Waals surface area contributed by atoms with Crippen LogP contribution < -0.4 is 10.2 Å². The lowest BCUT2D eigenvalue weighted by atomic mass is 9.76. The second-order valence-electron chi connectivity index (χ2n) is 11.4. The van der Waals surface area contributed by atoms with Crippen LogP contribution in [0.3, 0.4) is 0 Å². The van der Waals surface area contributed by atoms with Crippen LogP contribution >= 0.6 is 23.2 Å². The summed E-state index contributed by atoms with van der Waals surface area (Å²) in [4.78, 5) is 15.1. The van der Waals surface area contributed by atoms with Gasteiger partial charge in [-0.25, -0.2) is 4.98 Å². The lowest BCUT2D eigenvalue weighted by Crippen LogP contribution is -2.56. The summed E-state index contributed by atoms with van der Waals surface area (Å²) in [6.45, 7) is 9.16. The molecule has 3 aromatic rings. The van der Waals surface area contributed by atoms with E-state index in [9.17, 15) is 0 Å². The number of fused-ring (bicyclic) bond motifs is 1. The molecule has 1 aliphatic carbocycles. The van der Waals surface area contributed by atoms with E-state index in [2.05, 4.69) is 39.6 Å². The van der Waals surface area contributed by atoms with Crippen LogP contribution in [0.2, 0.25) is 10.0 Å². The van der Waals surface area contributed by atoms with Crippen LogP contribution in [0, 0.1) is 17.8 Å². The zero-order chi connectivity index (χ0) is 25.0. The Morgan fingerprint density at radius 3 is 2.61 bits per heavy atom. The monoisotopic (exact) mass is 526 g/mol. The normalized spacial score (nSPS) is 26.0. The minimum absolute atomic E-state index is 0.0257. The number of benzene rings is 1. The Bertz CT molecular complexity index is 1250. The molecular formula is C28H36Cl2N6. The molecule has 2 aromatic heterocycles. The van der Waals surface area contributed by atoms with Crippen molar-refractivity contribution in [2.45, 2.75) is 51.6 Å². The van der Waals surface area contributed by atoms with Crippen LogP contribution in [-0.4, -0.2) is 51.7 Å². The first-order valence-electron chi connectivity index (χ1n) is 13.4. The Balaban J connectivity index is 1.17. The molecule has 3 fully saturated rings. The Morgan fingerprint density at radius 2 is 1.86 bits per heavy atom. The van der Waals surface area contributed by atoms with Crippen molar-refractivity contribution in [1.82, 2.24) is 19.4 Å². The minimum atomic E-state index is -0.0257. The molecular weight excluding hydrogens is 491 g/mol. The Labute approximate surface area is 224 Å². The number of aromatic nitrogens is 3. The Morgan fingerprint density at radius 1 is 1.06 bits per heavy atom. The average molecular weight is 528 g/mol. The van der Waals surface area contributed by atoms with Crippen molar-refractivity contribution in [3.05, 3.63) is 46.1 Å². The molecule has 1 N–H and O–H groups in total. The maximum Gasteiger partial charge on any atom is 0.228 e. The molecule has 6 nitrogen and oxygen atoms in total. The molecule has 1 saturated carbocycles. The van der Waals surface area contributed by atoms with Gasteiger partial charge >= 0.3 is 0 Å². The minimum Gasteiger partial charge on any atom is -0.362 e. The molecule has 4 heterocycles. The van der Waals surface area contributed by atoms with E-state index in [4.69, 9.17) is 33.2 Å². The summed E-state index contributed by atoms with van der Waals surface area (Å²) >= 11 is 12.6. The van der Waals surface area contributed by atoms with E-state index in [-0.39, 0.29) is 6.04 Å². The lowest BCUT2D eigenvalue weighted by molar-refractivity contribution is 0.0294. The molecule has 192 valence electrons. The van der Waals surface area contributed by atoms with Crippen LogP contribution in [0.4, 0.5) is 11.8 Å². The summed E-state index contributed by atoms with van der Waals surface area (Å²) in [5.41, 5.74) is 2.96.